The van der Waals surface area contributed by atoms with E-state index in [0.29, 0.717) is 10.1 Å². The van der Waals surface area contributed by atoms with Crippen molar-refractivity contribution >= 4 is 26.9 Å². The summed E-state index contributed by atoms with van der Waals surface area (Å²) in [6.45, 7) is 0. The van der Waals surface area contributed by atoms with Crippen LogP contribution in [0.5, 0.6) is 0 Å². The highest BCUT2D eigenvalue weighted by atomic mass is 79.9. The Kier molecular flexibility index (Phi) is 1.73. The van der Waals surface area contributed by atoms with Crippen LogP contribution in [0.25, 0.3) is 11.0 Å². The molecule has 0 aliphatic rings. The van der Waals surface area contributed by atoms with Gasteiger partial charge in [0.2, 0.25) is 0 Å². The Morgan fingerprint density at radius 2 is 2.00 bits per heavy atom. The minimum atomic E-state index is -0.339. The van der Waals surface area contributed by atoms with Gasteiger partial charge in [0.15, 0.2) is 0 Å². The van der Waals surface area contributed by atoms with Gasteiger partial charge < -0.3 is 4.42 Å². The van der Waals surface area contributed by atoms with Gasteiger partial charge in [-0.05, 0) is 28.1 Å². The van der Waals surface area contributed by atoms with Gasteiger partial charge in [-0.2, -0.15) is 0 Å². The second-order valence-electron chi connectivity index (χ2n) is 2.42. The van der Waals surface area contributed by atoms with Crippen molar-refractivity contribution in [2.45, 2.75) is 0 Å². The van der Waals surface area contributed by atoms with Crippen molar-refractivity contribution in [3.8, 4) is 0 Å². The summed E-state index contributed by atoms with van der Waals surface area (Å²) >= 11 is 3.11. The standard InChI is InChI=1S/C9H5BrO2/c10-7-5-6-3-1-2-4-8(6)12-9(7)11/h1-5H. The van der Waals surface area contributed by atoms with Crippen molar-refractivity contribution in [1.82, 2.24) is 0 Å². The van der Waals surface area contributed by atoms with Crippen LogP contribution in [0.2, 0.25) is 0 Å². The summed E-state index contributed by atoms with van der Waals surface area (Å²) in [6, 6.07) is 9.14. The van der Waals surface area contributed by atoms with Crippen molar-refractivity contribution in [3.05, 3.63) is 45.2 Å². The Labute approximate surface area is 76.9 Å². The maximum Gasteiger partial charge on any atom is 0.350 e. The van der Waals surface area contributed by atoms with E-state index >= 15 is 0 Å². The molecular formula is C9H5BrO2. The fourth-order valence-electron chi connectivity index (χ4n) is 1.04. The van der Waals surface area contributed by atoms with E-state index in [1.165, 1.54) is 0 Å². The van der Waals surface area contributed by atoms with E-state index in [9.17, 15) is 4.79 Å². The maximum atomic E-state index is 11.0. The molecule has 2 rings (SSSR count). The first-order chi connectivity index (χ1) is 5.77. The van der Waals surface area contributed by atoms with Gasteiger partial charge >= 0.3 is 5.63 Å². The third-order valence-corrected chi connectivity index (χ3v) is 2.15. The minimum Gasteiger partial charge on any atom is -0.422 e. The summed E-state index contributed by atoms with van der Waals surface area (Å²) in [5.74, 6) is 0. The van der Waals surface area contributed by atoms with Crippen LogP contribution in [0.15, 0.2) is 44.0 Å². The minimum absolute atomic E-state index is 0.339. The molecular weight excluding hydrogens is 220 g/mol. The van der Waals surface area contributed by atoms with Gasteiger partial charge in [0.1, 0.15) is 10.1 Å². The Morgan fingerprint density at radius 1 is 1.25 bits per heavy atom. The lowest BCUT2D eigenvalue weighted by Crippen LogP contribution is -1.97. The summed E-state index contributed by atoms with van der Waals surface area (Å²) in [6.07, 6.45) is 0. The number of halogens is 1. The fourth-order valence-corrected chi connectivity index (χ4v) is 1.36. The molecule has 0 aliphatic carbocycles. The van der Waals surface area contributed by atoms with Crippen molar-refractivity contribution in [2.24, 2.45) is 0 Å². The molecule has 0 saturated heterocycles. The fraction of sp³-hybridized carbons (Fsp3) is 0. The van der Waals surface area contributed by atoms with Gasteiger partial charge in [0.05, 0.1) is 0 Å². The summed E-state index contributed by atoms with van der Waals surface area (Å²) in [5, 5.41) is 0.920. The number of para-hydroxylation sites is 1. The highest BCUT2D eigenvalue weighted by Gasteiger charge is 1.99. The van der Waals surface area contributed by atoms with E-state index in [4.69, 9.17) is 4.42 Å². The average molecular weight is 225 g/mol. The summed E-state index contributed by atoms with van der Waals surface area (Å²) < 4.78 is 5.45. The van der Waals surface area contributed by atoms with Crippen LogP contribution in [0, 0.1) is 0 Å². The van der Waals surface area contributed by atoms with Gasteiger partial charge in [0, 0.05) is 5.39 Å². The van der Waals surface area contributed by atoms with Crippen LogP contribution in [0.3, 0.4) is 0 Å². The van der Waals surface area contributed by atoms with Crippen LogP contribution in [0.4, 0.5) is 0 Å². The van der Waals surface area contributed by atoms with E-state index in [2.05, 4.69) is 15.9 Å². The van der Waals surface area contributed by atoms with Crippen molar-refractivity contribution in [2.75, 3.05) is 0 Å². The Hall–Kier alpha value is -1.09. The number of fused-ring (bicyclic) bond motifs is 1. The van der Waals surface area contributed by atoms with Crippen molar-refractivity contribution < 1.29 is 4.42 Å². The van der Waals surface area contributed by atoms with Gasteiger partial charge in [0.25, 0.3) is 0 Å². The summed E-state index contributed by atoms with van der Waals surface area (Å²) in [4.78, 5) is 11.0. The van der Waals surface area contributed by atoms with E-state index in [1.54, 1.807) is 12.1 Å². The Morgan fingerprint density at radius 3 is 2.83 bits per heavy atom. The SMILES string of the molecule is O=c1oc2ccccc2cc1Br. The smallest absolute Gasteiger partial charge is 0.350 e. The Balaban J connectivity index is 2.93. The molecule has 0 atom stereocenters. The normalized spacial score (nSPS) is 10.4. The molecule has 12 heavy (non-hydrogen) atoms. The van der Waals surface area contributed by atoms with E-state index in [-0.39, 0.29) is 5.63 Å². The molecule has 0 spiro atoms. The van der Waals surface area contributed by atoms with Crippen LogP contribution < -0.4 is 5.63 Å². The molecule has 0 amide bonds. The predicted molar refractivity (Wildman–Crippen MR) is 50.2 cm³/mol. The molecule has 0 aliphatic heterocycles. The monoisotopic (exact) mass is 224 g/mol. The zero-order valence-corrected chi connectivity index (χ0v) is 7.67. The largest absolute Gasteiger partial charge is 0.422 e. The van der Waals surface area contributed by atoms with E-state index in [0.717, 1.165) is 5.39 Å². The Bertz CT molecular complexity index is 473. The van der Waals surface area contributed by atoms with Crippen molar-refractivity contribution in [1.29, 1.82) is 0 Å². The number of hydrogen-bond acceptors (Lipinski definition) is 2. The predicted octanol–water partition coefficient (Wildman–Crippen LogP) is 2.56. The first-order valence-electron chi connectivity index (χ1n) is 3.46. The summed E-state index contributed by atoms with van der Waals surface area (Å²) in [5.41, 5.74) is 0.277. The van der Waals surface area contributed by atoms with Gasteiger partial charge in [-0.1, -0.05) is 18.2 Å². The molecule has 2 nitrogen and oxygen atoms in total. The molecule has 0 bridgehead atoms. The molecule has 1 aromatic heterocycles. The number of rotatable bonds is 0. The van der Waals surface area contributed by atoms with Gasteiger partial charge in [-0.15, -0.1) is 0 Å². The quantitative estimate of drug-likeness (QED) is 0.645. The molecule has 0 radical (unpaired) electrons. The maximum absolute atomic E-state index is 11.0. The van der Waals surface area contributed by atoms with E-state index in [1.807, 2.05) is 18.2 Å². The highest BCUT2D eigenvalue weighted by Crippen LogP contribution is 2.14. The van der Waals surface area contributed by atoms with Crippen LogP contribution in [0.1, 0.15) is 0 Å². The lowest BCUT2D eigenvalue weighted by Gasteiger charge is -1.94. The van der Waals surface area contributed by atoms with Gasteiger partial charge in [-0.3, -0.25) is 0 Å². The highest BCUT2D eigenvalue weighted by molar-refractivity contribution is 9.10. The number of benzene rings is 1. The zero-order chi connectivity index (χ0) is 8.55. The molecule has 2 aromatic rings. The zero-order valence-electron chi connectivity index (χ0n) is 6.08. The van der Waals surface area contributed by atoms with E-state index < -0.39 is 0 Å². The molecule has 3 heteroatoms. The third kappa shape index (κ3) is 1.16. The first kappa shape index (κ1) is 7.55. The third-order valence-electron chi connectivity index (χ3n) is 1.60. The van der Waals surface area contributed by atoms with Crippen LogP contribution >= 0.6 is 15.9 Å². The lowest BCUT2D eigenvalue weighted by molar-refractivity contribution is 0.556. The van der Waals surface area contributed by atoms with Crippen molar-refractivity contribution in [3.63, 3.8) is 0 Å². The average Bonchev–Trinajstić information content (AvgIpc) is 2.07. The molecule has 0 unspecified atom stereocenters. The molecule has 1 heterocycles. The molecule has 0 saturated carbocycles. The topological polar surface area (TPSA) is 30.2 Å². The molecule has 0 N–H and O–H groups in total. The second-order valence-corrected chi connectivity index (χ2v) is 3.27. The molecule has 0 fully saturated rings. The summed E-state index contributed by atoms with van der Waals surface area (Å²) in [7, 11) is 0. The van der Waals surface area contributed by atoms with Gasteiger partial charge in [-0.25, -0.2) is 4.79 Å². The van der Waals surface area contributed by atoms with Crippen LogP contribution in [-0.2, 0) is 0 Å². The first-order valence-corrected chi connectivity index (χ1v) is 4.25. The molecule has 1 aromatic carbocycles. The van der Waals surface area contributed by atoms with Crippen LogP contribution in [-0.4, -0.2) is 0 Å². The second kappa shape index (κ2) is 2.75. The molecule has 60 valence electrons. The number of hydrogen-bond donors (Lipinski definition) is 0. The lowest BCUT2D eigenvalue weighted by atomic mass is 10.2.